The summed E-state index contributed by atoms with van der Waals surface area (Å²) in [6.07, 6.45) is 5.86. The van der Waals surface area contributed by atoms with Gasteiger partial charge in [-0.3, -0.25) is 0 Å². The minimum Gasteiger partial charge on any atom is -0.508 e. The SMILES string of the molecule is COc1cc([C@@H]2Oc3cc(OC)c4c5c3[C@H](CSS[C@@H]3CCC[C@H](CC[C@@H](C5)c5cc(O)ccc5-4)C3)[C@H]2O)c(O)c(OC)c1O. The monoisotopic (exact) mass is 652 g/mol. The van der Waals surface area contributed by atoms with Gasteiger partial charge in [0.15, 0.2) is 17.6 Å². The Morgan fingerprint density at radius 3 is 2.47 bits per heavy atom. The van der Waals surface area contributed by atoms with Crippen LogP contribution >= 0.6 is 21.6 Å². The van der Waals surface area contributed by atoms with Gasteiger partial charge in [0.2, 0.25) is 11.5 Å². The standard InChI is InChI=1S/C35H40O8S2/c1-40-26-15-27-30-23-12-18(22-13-19(36)9-10-21(22)29(23)26)8-7-17-5-4-6-20(11-17)45-44-16-25(30)32(38)34(43-27)24-14-28(41-2)33(39)35(42-3)31(24)37/h9-10,13-15,17-18,20,25,32,34,36-39H,4-8,11-12,16H2,1-3H3/t17-,18+,20-,25+,32-,34+/m1/s1. The number of hydrogen-bond donors (Lipinski definition) is 4. The van der Waals surface area contributed by atoms with Crippen molar-refractivity contribution in [2.24, 2.45) is 5.92 Å². The van der Waals surface area contributed by atoms with E-state index in [1.807, 2.05) is 39.8 Å². The molecule has 6 atom stereocenters. The van der Waals surface area contributed by atoms with Crippen molar-refractivity contribution < 1.29 is 39.4 Å². The quantitative estimate of drug-likeness (QED) is 0.212. The molecule has 8 nitrogen and oxygen atoms in total. The van der Waals surface area contributed by atoms with Crippen molar-refractivity contribution in [2.45, 2.75) is 74.2 Å². The summed E-state index contributed by atoms with van der Waals surface area (Å²) in [4.78, 5) is 0. The number of benzene rings is 3. The van der Waals surface area contributed by atoms with E-state index < -0.39 is 12.2 Å². The summed E-state index contributed by atoms with van der Waals surface area (Å²) < 4.78 is 23.4. The zero-order valence-corrected chi connectivity index (χ0v) is 27.4. The van der Waals surface area contributed by atoms with Gasteiger partial charge in [0.25, 0.3) is 0 Å². The first-order chi connectivity index (χ1) is 21.8. The predicted octanol–water partition coefficient (Wildman–Crippen LogP) is 7.45. The maximum absolute atomic E-state index is 12.2. The molecule has 4 bridgehead atoms. The van der Waals surface area contributed by atoms with Crippen LogP contribution in [0.4, 0.5) is 0 Å². The number of phenolic OH excluding ortho intramolecular Hbond substituents is 3. The van der Waals surface area contributed by atoms with Crippen LogP contribution in [-0.2, 0) is 6.42 Å². The first-order valence-corrected chi connectivity index (χ1v) is 18.1. The molecule has 1 saturated carbocycles. The molecule has 0 saturated heterocycles. The third-order valence-electron chi connectivity index (χ3n) is 10.2. The maximum atomic E-state index is 12.2. The van der Waals surface area contributed by atoms with Crippen LogP contribution in [0.15, 0.2) is 30.3 Å². The van der Waals surface area contributed by atoms with Crippen LogP contribution in [0.5, 0.6) is 40.2 Å². The van der Waals surface area contributed by atoms with E-state index in [4.69, 9.17) is 18.9 Å². The average molecular weight is 653 g/mol. The molecule has 1 fully saturated rings. The number of rotatable bonds is 4. The van der Waals surface area contributed by atoms with E-state index in [0.717, 1.165) is 47.1 Å². The second-order valence-corrected chi connectivity index (χ2v) is 15.4. The Kier molecular flexibility index (Phi) is 8.33. The first-order valence-electron chi connectivity index (χ1n) is 15.7. The first kappa shape index (κ1) is 30.6. The van der Waals surface area contributed by atoms with E-state index >= 15 is 0 Å². The molecule has 7 rings (SSSR count). The van der Waals surface area contributed by atoms with Gasteiger partial charge in [-0.25, -0.2) is 0 Å². The Labute approximate surface area is 271 Å². The second-order valence-electron chi connectivity index (χ2n) is 12.7. The highest BCUT2D eigenvalue weighted by molar-refractivity contribution is 8.76. The molecule has 2 aliphatic heterocycles. The largest absolute Gasteiger partial charge is 0.508 e. The predicted molar refractivity (Wildman–Crippen MR) is 177 cm³/mol. The lowest BCUT2D eigenvalue weighted by atomic mass is 9.71. The van der Waals surface area contributed by atoms with Gasteiger partial charge in [-0.2, -0.15) is 0 Å². The third kappa shape index (κ3) is 5.22. The fourth-order valence-corrected chi connectivity index (χ4v) is 11.2. The minimum absolute atomic E-state index is 0.110. The Bertz CT molecular complexity index is 1610. The zero-order valence-electron chi connectivity index (χ0n) is 25.7. The summed E-state index contributed by atoms with van der Waals surface area (Å²) in [6.45, 7) is 0. The van der Waals surface area contributed by atoms with Crippen LogP contribution in [0.3, 0.4) is 0 Å². The Morgan fingerprint density at radius 1 is 0.867 bits per heavy atom. The number of aliphatic hydroxyl groups excluding tert-OH is 1. The molecule has 45 heavy (non-hydrogen) atoms. The van der Waals surface area contributed by atoms with Gasteiger partial charge in [-0.1, -0.05) is 40.5 Å². The average Bonchev–Trinajstić information content (AvgIpc) is 3.05. The number of aliphatic hydroxyl groups is 1. The second kappa shape index (κ2) is 12.3. The Morgan fingerprint density at radius 2 is 1.69 bits per heavy atom. The highest BCUT2D eigenvalue weighted by Crippen LogP contribution is 2.58. The molecule has 10 heteroatoms. The maximum Gasteiger partial charge on any atom is 0.207 e. The van der Waals surface area contributed by atoms with Crippen molar-refractivity contribution in [1.29, 1.82) is 0 Å². The summed E-state index contributed by atoms with van der Waals surface area (Å²) >= 11 is 0. The van der Waals surface area contributed by atoms with Crippen molar-refractivity contribution in [3.63, 3.8) is 0 Å². The van der Waals surface area contributed by atoms with Gasteiger partial charge in [-0.15, -0.1) is 0 Å². The molecular formula is C35H40O8S2. The number of phenols is 3. The number of hydrogen-bond acceptors (Lipinski definition) is 10. The molecule has 0 spiro atoms. The molecule has 4 N–H and O–H groups in total. The number of fused-ring (bicyclic) bond motifs is 6. The Balaban J connectivity index is 1.42. The molecule has 3 aromatic rings. The summed E-state index contributed by atoms with van der Waals surface area (Å²) in [7, 11) is 8.18. The van der Waals surface area contributed by atoms with Crippen molar-refractivity contribution in [2.75, 3.05) is 27.1 Å². The number of methoxy groups -OCH3 is 3. The molecule has 2 aliphatic carbocycles. The fourth-order valence-electron chi connectivity index (χ4n) is 8.06. The lowest BCUT2D eigenvalue weighted by Crippen LogP contribution is -2.37. The minimum atomic E-state index is -1.02. The van der Waals surface area contributed by atoms with Crippen LogP contribution in [-0.4, -0.2) is 58.9 Å². The van der Waals surface area contributed by atoms with E-state index in [1.54, 1.807) is 13.2 Å². The van der Waals surface area contributed by atoms with E-state index in [0.29, 0.717) is 28.4 Å². The highest BCUT2D eigenvalue weighted by Gasteiger charge is 2.45. The van der Waals surface area contributed by atoms with Crippen LogP contribution in [0.25, 0.3) is 11.1 Å². The third-order valence-corrected chi connectivity index (χ3v) is 13.2. The fraction of sp³-hybridized carbons (Fsp3) is 0.486. The smallest absolute Gasteiger partial charge is 0.207 e. The molecule has 240 valence electrons. The summed E-state index contributed by atoms with van der Waals surface area (Å²) in [5.41, 5.74) is 5.55. The van der Waals surface area contributed by atoms with Gasteiger partial charge in [-0.05, 0) is 78.8 Å². The number of ether oxygens (including phenoxy) is 4. The van der Waals surface area contributed by atoms with E-state index in [2.05, 4.69) is 0 Å². The van der Waals surface area contributed by atoms with Crippen molar-refractivity contribution in [1.82, 2.24) is 0 Å². The molecule has 0 unspecified atom stereocenters. The lowest BCUT2D eigenvalue weighted by Gasteiger charge is -2.41. The Hall–Kier alpha value is -3.08. The van der Waals surface area contributed by atoms with Gasteiger partial charge in [0.05, 0.1) is 21.3 Å². The van der Waals surface area contributed by atoms with Crippen molar-refractivity contribution in [3.8, 4) is 51.4 Å². The van der Waals surface area contributed by atoms with Gasteiger partial charge in [0.1, 0.15) is 23.4 Å². The van der Waals surface area contributed by atoms with Gasteiger partial charge < -0.3 is 39.4 Å². The van der Waals surface area contributed by atoms with E-state index in [1.165, 1.54) is 46.0 Å². The molecule has 0 radical (unpaired) electrons. The van der Waals surface area contributed by atoms with Gasteiger partial charge in [0, 0.05) is 39.7 Å². The zero-order chi connectivity index (χ0) is 31.4. The number of aromatic hydroxyl groups is 3. The van der Waals surface area contributed by atoms with E-state index in [-0.39, 0.29) is 46.1 Å². The summed E-state index contributed by atoms with van der Waals surface area (Å²) in [5.74, 6) is 2.12. The van der Waals surface area contributed by atoms with Crippen LogP contribution in [0.1, 0.15) is 78.7 Å². The lowest BCUT2D eigenvalue weighted by molar-refractivity contribution is 0.00299. The van der Waals surface area contributed by atoms with Crippen LogP contribution in [0.2, 0.25) is 0 Å². The molecule has 0 aromatic heterocycles. The van der Waals surface area contributed by atoms with Crippen LogP contribution in [0, 0.1) is 5.92 Å². The highest BCUT2D eigenvalue weighted by atomic mass is 33.1. The molecule has 0 amide bonds. The summed E-state index contributed by atoms with van der Waals surface area (Å²) in [5, 5.41) is 45.2. The topological polar surface area (TPSA) is 118 Å². The van der Waals surface area contributed by atoms with Gasteiger partial charge >= 0.3 is 0 Å². The van der Waals surface area contributed by atoms with E-state index in [9.17, 15) is 20.4 Å². The molecule has 4 aliphatic rings. The normalized spacial score (nSPS) is 27.1. The molecule has 2 heterocycles. The van der Waals surface area contributed by atoms with Crippen LogP contribution < -0.4 is 18.9 Å². The summed E-state index contributed by atoms with van der Waals surface area (Å²) in [6, 6.07) is 9.05. The molecule has 3 aromatic carbocycles. The van der Waals surface area contributed by atoms with Crippen molar-refractivity contribution in [3.05, 3.63) is 52.6 Å². The van der Waals surface area contributed by atoms with Crippen molar-refractivity contribution >= 4 is 21.6 Å². The molecular weight excluding hydrogens is 613 g/mol.